The molecule has 1 aromatic heterocycles. The zero-order valence-corrected chi connectivity index (χ0v) is 9.33. The minimum absolute atomic E-state index is 0.0435. The molecule has 0 bridgehead atoms. The number of amides is 1. The van der Waals surface area contributed by atoms with Crippen LogP contribution in [-0.2, 0) is 0 Å². The van der Waals surface area contributed by atoms with E-state index in [4.69, 9.17) is 9.52 Å². The lowest BCUT2D eigenvalue weighted by Gasteiger charge is -2.13. The van der Waals surface area contributed by atoms with Crippen LogP contribution in [0.5, 0.6) is 0 Å². The van der Waals surface area contributed by atoms with Gasteiger partial charge in [-0.15, -0.1) is 0 Å². The van der Waals surface area contributed by atoms with Crippen molar-refractivity contribution in [2.45, 2.75) is 33.2 Å². The van der Waals surface area contributed by atoms with Gasteiger partial charge in [0.05, 0.1) is 24.5 Å². The molecule has 0 aromatic carbocycles. The molecule has 1 heterocycles. The van der Waals surface area contributed by atoms with E-state index >= 15 is 0 Å². The number of aryl methyl sites for hydroxylation is 2. The van der Waals surface area contributed by atoms with Gasteiger partial charge >= 0.3 is 0 Å². The predicted molar refractivity (Wildman–Crippen MR) is 56.8 cm³/mol. The van der Waals surface area contributed by atoms with Gasteiger partial charge in [-0.05, 0) is 20.3 Å². The number of rotatable bonds is 4. The summed E-state index contributed by atoms with van der Waals surface area (Å²) in [4.78, 5) is 11.8. The molecule has 0 aliphatic heterocycles. The van der Waals surface area contributed by atoms with Crippen molar-refractivity contribution in [2.75, 3.05) is 6.61 Å². The molecule has 0 radical (unpaired) electrons. The molecule has 1 unspecified atom stereocenters. The molecular formula is C11H17NO3. The van der Waals surface area contributed by atoms with E-state index in [0.717, 1.165) is 5.56 Å². The SMILES string of the molecule is CCC(CO)NC(=O)c1c(C)coc1C. The average molecular weight is 211 g/mol. The van der Waals surface area contributed by atoms with Gasteiger partial charge < -0.3 is 14.8 Å². The Morgan fingerprint density at radius 1 is 1.60 bits per heavy atom. The maximum Gasteiger partial charge on any atom is 0.255 e. The summed E-state index contributed by atoms with van der Waals surface area (Å²) >= 11 is 0. The van der Waals surface area contributed by atoms with Crippen LogP contribution in [0.25, 0.3) is 0 Å². The lowest BCUT2D eigenvalue weighted by atomic mass is 10.1. The van der Waals surface area contributed by atoms with Crippen LogP contribution in [0.2, 0.25) is 0 Å². The third-order valence-corrected chi connectivity index (χ3v) is 2.43. The summed E-state index contributed by atoms with van der Waals surface area (Å²) in [7, 11) is 0. The molecule has 2 N–H and O–H groups in total. The van der Waals surface area contributed by atoms with E-state index in [1.165, 1.54) is 0 Å². The molecule has 4 heteroatoms. The zero-order valence-electron chi connectivity index (χ0n) is 9.33. The van der Waals surface area contributed by atoms with E-state index in [9.17, 15) is 4.79 Å². The number of aliphatic hydroxyl groups excluding tert-OH is 1. The van der Waals surface area contributed by atoms with Crippen molar-refractivity contribution in [2.24, 2.45) is 0 Å². The molecule has 1 rings (SSSR count). The number of furan rings is 1. The number of aliphatic hydroxyl groups is 1. The van der Waals surface area contributed by atoms with Gasteiger partial charge in [-0.1, -0.05) is 6.92 Å². The first-order valence-corrected chi connectivity index (χ1v) is 5.06. The van der Waals surface area contributed by atoms with Crippen molar-refractivity contribution >= 4 is 5.91 Å². The summed E-state index contributed by atoms with van der Waals surface area (Å²) in [6.07, 6.45) is 2.27. The van der Waals surface area contributed by atoms with Gasteiger partial charge in [-0.25, -0.2) is 0 Å². The summed E-state index contributed by atoms with van der Waals surface area (Å²) in [6.45, 7) is 5.45. The Kier molecular flexibility index (Phi) is 3.91. The predicted octanol–water partition coefficient (Wildman–Crippen LogP) is 1.40. The minimum atomic E-state index is -0.189. The summed E-state index contributed by atoms with van der Waals surface area (Å²) in [5.74, 6) is 0.428. The Bertz CT molecular complexity index is 320. The molecule has 0 spiro atoms. The first-order valence-electron chi connectivity index (χ1n) is 5.06. The Morgan fingerprint density at radius 3 is 2.67 bits per heavy atom. The smallest absolute Gasteiger partial charge is 0.255 e. The molecule has 84 valence electrons. The van der Waals surface area contributed by atoms with Crippen molar-refractivity contribution in [1.29, 1.82) is 0 Å². The van der Waals surface area contributed by atoms with Gasteiger partial charge in [0.15, 0.2) is 0 Å². The second kappa shape index (κ2) is 4.98. The van der Waals surface area contributed by atoms with Crippen LogP contribution in [0.3, 0.4) is 0 Å². The van der Waals surface area contributed by atoms with E-state index in [-0.39, 0.29) is 18.6 Å². The first kappa shape index (κ1) is 11.8. The highest BCUT2D eigenvalue weighted by Gasteiger charge is 2.17. The largest absolute Gasteiger partial charge is 0.469 e. The third kappa shape index (κ3) is 2.59. The molecule has 1 amide bonds. The summed E-state index contributed by atoms with van der Waals surface area (Å²) in [6, 6.07) is -0.189. The highest BCUT2D eigenvalue weighted by Crippen LogP contribution is 2.15. The Hall–Kier alpha value is -1.29. The summed E-state index contributed by atoms with van der Waals surface area (Å²) in [5, 5.41) is 11.7. The average Bonchev–Trinajstić information content (AvgIpc) is 2.55. The van der Waals surface area contributed by atoms with Gasteiger partial charge in [0, 0.05) is 5.56 Å². The Balaban J connectivity index is 2.77. The van der Waals surface area contributed by atoms with Crippen molar-refractivity contribution in [3.63, 3.8) is 0 Å². The molecule has 0 fully saturated rings. The lowest BCUT2D eigenvalue weighted by Crippen LogP contribution is -2.37. The monoisotopic (exact) mass is 211 g/mol. The molecule has 0 saturated heterocycles. The molecule has 15 heavy (non-hydrogen) atoms. The third-order valence-electron chi connectivity index (χ3n) is 2.43. The Morgan fingerprint density at radius 2 is 2.27 bits per heavy atom. The highest BCUT2D eigenvalue weighted by molar-refractivity contribution is 5.96. The van der Waals surface area contributed by atoms with Crippen LogP contribution in [-0.4, -0.2) is 23.7 Å². The molecule has 4 nitrogen and oxygen atoms in total. The van der Waals surface area contributed by atoms with Gasteiger partial charge in [0.2, 0.25) is 0 Å². The maximum absolute atomic E-state index is 11.8. The fraction of sp³-hybridized carbons (Fsp3) is 0.545. The van der Waals surface area contributed by atoms with Crippen molar-refractivity contribution in [1.82, 2.24) is 5.32 Å². The number of hydrogen-bond donors (Lipinski definition) is 2. The van der Waals surface area contributed by atoms with E-state index in [0.29, 0.717) is 17.7 Å². The molecule has 1 atom stereocenters. The summed E-state index contributed by atoms with van der Waals surface area (Å²) < 4.78 is 5.14. The standard InChI is InChI=1S/C11H17NO3/c1-4-9(5-13)12-11(14)10-7(2)6-15-8(10)3/h6,9,13H,4-5H2,1-3H3,(H,12,14). The molecule has 0 aliphatic carbocycles. The van der Waals surface area contributed by atoms with Crippen LogP contribution >= 0.6 is 0 Å². The summed E-state index contributed by atoms with van der Waals surface area (Å²) in [5.41, 5.74) is 1.39. The Labute approximate surface area is 89.3 Å². The van der Waals surface area contributed by atoms with Crippen LogP contribution < -0.4 is 5.32 Å². The van der Waals surface area contributed by atoms with Crippen LogP contribution in [0.1, 0.15) is 35.0 Å². The minimum Gasteiger partial charge on any atom is -0.469 e. The van der Waals surface area contributed by atoms with E-state index < -0.39 is 0 Å². The highest BCUT2D eigenvalue weighted by atomic mass is 16.3. The lowest BCUT2D eigenvalue weighted by molar-refractivity contribution is 0.0913. The van der Waals surface area contributed by atoms with Gasteiger partial charge in [-0.3, -0.25) is 4.79 Å². The van der Waals surface area contributed by atoms with Crippen LogP contribution in [0, 0.1) is 13.8 Å². The molecule has 0 aliphatic rings. The fourth-order valence-corrected chi connectivity index (χ4v) is 1.45. The molecular weight excluding hydrogens is 194 g/mol. The van der Waals surface area contributed by atoms with Crippen LogP contribution in [0.4, 0.5) is 0 Å². The topological polar surface area (TPSA) is 62.5 Å². The second-order valence-electron chi connectivity index (χ2n) is 3.61. The van der Waals surface area contributed by atoms with Gasteiger partial charge in [-0.2, -0.15) is 0 Å². The van der Waals surface area contributed by atoms with Gasteiger partial charge in [0.25, 0.3) is 5.91 Å². The first-order chi connectivity index (χ1) is 7.10. The van der Waals surface area contributed by atoms with E-state index in [2.05, 4.69) is 5.32 Å². The number of carbonyl (C=O) groups excluding carboxylic acids is 1. The van der Waals surface area contributed by atoms with Crippen LogP contribution in [0.15, 0.2) is 10.7 Å². The number of carbonyl (C=O) groups is 1. The van der Waals surface area contributed by atoms with E-state index in [1.807, 2.05) is 13.8 Å². The van der Waals surface area contributed by atoms with Crippen molar-refractivity contribution in [3.8, 4) is 0 Å². The van der Waals surface area contributed by atoms with Crippen molar-refractivity contribution < 1.29 is 14.3 Å². The van der Waals surface area contributed by atoms with E-state index in [1.54, 1.807) is 13.2 Å². The second-order valence-corrected chi connectivity index (χ2v) is 3.61. The molecule has 1 aromatic rings. The number of hydrogen-bond acceptors (Lipinski definition) is 3. The number of nitrogens with one attached hydrogen (secondary N) is 1. The normalized spacial score (nSPS) is 12.5. The van der Waals surface area contributed by atoms with Crippen molar-refractivity contribution in [3.05, 3.63) is 23.2 Å². The quantitative estimate of drug-likeness (QED) is 0.791. The fourth-order valence-electron chi connectivity index (χ4n) is 1.45. The maximum atomic E-state index is 11.8. The molecule has 0 saturated carbocycles. The van der Waals surface area contributed by atoms with Gasteiger partial charge in [0.1, 0.15) is 5.76 Å². The zero-order chi connectivity index (χ0) is 11.4.